The number of aryl methyl sites for hydroxylation is 1. The van der Waals surface area contributed by atoms with Crippen LogP contribution in [0.2, 0.25) is 0 Å². The summed E-state index contributed by atoms with van der Waals surface area (Å²) in [6, 6.07) is 15.5. The van der Waals surface area contributed by atoms with E-state index in [-0.39, 0.29) is 5.91 Å². The van der Waals surface area contributed by atoms with Crippen LogP contribution in [0, 0.1) is 6.92 Å². The van der Waals surface area contributed by atoms with Crippen molar-refractivity contribution in [3.05, 3.63) is 64.1 Å². The molecule has 1 N–H and O–H groups in total. The van der Waals surface area contributed by atoms with E-state index in [0.29, 0.717) is 33.0 Å². The van der Waals surface area contributed by atoms with Crippen molar-refractivity contribution < 1.29 is 19.0 Å². The average molecular weight is 513 g/mol. The number of amides is 1. The van der Waals surface area contributed by atoms with Gasteiger partial charge in [-0.1, -0.05) is 6.07 Å². The zero-order chi connectivity index (χ0) is 22.8. The molecule has 0 radical (unpaired) electrons. The highest BCUT2D eigenvalue weighted by Gasteiger charge is 2.23. The molecule has 0 saturated carbocycles. The highest BCUT2D eigenvalue weighted by atomic mass is 79.9. The van der Waals surface area contributed by atoms with E-state index in [1.165, 1.54) is 26.9 Å². The first-order valence-electron chi connectivity index (χ1n) is 9.72. The van der Waals surface area contributed by atoms with E-state index in [1.54, 1.807) is 17.4 Å². The van der Waals surface area contributed by atoms with E-state index < -0.39 is 0 Å². The summed E-state index contributed by atoms with van der Waals surface area (Å²) in [4.78, 5) is 17.7. The fourth-order valence-electron chi connectivity index (χ4n) is 3.34. The summed E-state index contributed by atoms with van der Waals surface area (Å²) in [5, 5.41) is 3.85. The minimum Gasteiger partial charge on any atom is -0.493 e. The molecular weight excluding hydrogens is 492 g/mol. The topological polar surface area (TPSA) is 69.7 Å². The van der Waals surface area contributed by atoms with Gasteiger partial charge in [0.1, 0.15) is 5.01 Å². The Balaban J connectivity index is 1.59. The first-order valence-corrected chi connectivity index (χ1v) is 11.3. The van der Waals surface area contributed by atoms with Crippen LogP contribution >= 0.6 is 27.3 Å². The number of thiazole rings is 1. The molecule has 6 nitrogen and oxygen atoms in total. The maximum absolute atomic E-state index is 13.0. The number of methoxy groups -OCH3 is 3. The van der Waals surface area contributed by atoms with Gasteiger partial charge in [0, 0.05) is 11.3 Å². The van der Waals surface area contributed by atoms with Gasteiger partial charge in [0.15, 0.2) is 11.5 Å². The van der Waals surface area contributed by atoms with Crippen molar-refractivity contribution in [3.8, 4) is 27.8 Å². The molecule has 164 valence electrons. The van der Waals surface area contributed by atoms with Crippen molar-refractivity contribution in [2.45, 2.75) is 6.92 Å². The molecule has 32 heavy (non-hydrogen) atoms. The van der Waals surface area contributed by atoms with E-state index in [9.17, 15) is 4.79 Å². The molecule has 1 heterocycles. The molecule has 0 unspecified atom stereocenters. The Labute approximate surface area is 198 Å². The zero-order valence-electron chi connectivity index (χ0n) is 18.0. The molecule has 1 aromatic heterocycles. The normalized spacial score (nSPS) is 10.8. The lowest BCUT2D eigenvalue weighted by molar-refractivity contribution is 0.102. The molecule has 0 saturated heterocycles. The van der Waals surface area contributed by atoms with Crippen molar-refractivity contribution in [1.29, 1.82) is 0 Å². The van der Waals surface area contributed by atoms with E-state index in [0.717, 1.165) is 20.8 Å². The standard InChI is InChI=1S/C24H21BrN2O4S/c1-13-5-10-17-19(11-13)32-24(27-17)14-6-8-15(9-7-14)26-23(28)16-12-18(29-2)21(30-3)22(31-4)20(16)25/h5-12H,1-4H3,(H,26,28). The summed E-state index contributed by atoms with van der Waals surface area (Å²) in [5.74, 6) is 0.894. The summed E-state index contributed by atoms with van der Waals surface area (Å²) >= 11 is 5.10. The van der Waals surface area contributed by atoms with Crippen LogP contribution in [-0.2, 0) is 0 Å². The Morgan fingerprint density at radius 3 is 2.34 bits per heavy atom. The minimum absolute atomic E-state index is 0.306. The summed E-state index contributed by atoms with van der Waals surface area (Å²) < 4.78 is 17.8. The van der Waals surface area contributed by atoms with Gasteiger partial charge in [-0.15, -0.1) is 11.3 Å². The van der Waals surface area contributed by atoms with Crippen LogP contribution in [0.4, 0.5) is 5.69 Å². The number of carbonyl (C=O) groups is 1. The fraction of sp³-hybridized carbons (Fsp3) is 0.167. The molecule has 8 heteroatoms. The molecule has 0 bridgehead atoms. The first-order chi connectivity index (χ1) is 15.4. The number of hydrogen-bond donors (Lipinski definition) is 1. The molecule has 0 atom stereocenters. The summed E-state index contributed by atoms with van der Waals surface area (Å²) in [7, 11) is 4.53. The van der Waals surface area contributed by atoms with Crippen LogP contribution in [0.3, 0.4) is 0 Å². The second-order valence-electron chi connectivity index (χ2n) is 7.03. The number of nitrogens with one attached hydrogen (secondary N) is 1. The molecule has 0 fully saturated rings. The van der Waals surface area contributed by atoms with Crippen molar-refractivity contribution in [3.63, 3.8) is 0 Å². The number of hydrogen-bond acceptors (Lipinski definition) is 6. The largest absolute Gasteiger partial charge is 0.493 e. The van der Waals surface area contributed by atoms with Gasteiger partial charge in [-0.25, -0.2) is 4.98 Å². The Hall–Kier alpha value is -3.10. The van der Waals surface area contributed by atoms with Gasteiger partial charge < -0.3 is 19.5 Å². The van der Waals surface area contributed by atoms with Gasteiger partial charge in [-0.2, -0.15) is 0 Å². The number of ether oxygens (including phenoxy) is 3. The lowest BCUT2D eigenvalue weighted by Crippen LogP contribution is -2.13. The third kappa shape index (κ3) is 4.16. The number of benzene rings is 3. The van der Waals surface area contributed by atoms with Crippen LogP contribution < -0.4 is 19.5 Å². The average Bonchev–Trinajstić information content (AvgIpc) is 3.22. The number of rotatable bonds is 6. The van der Waals surface area contributed by atoms with Crippen LogP contribution in [-0.4, -0.2) is 32.2 Å². The lowest BCUT2D eigenvalue weighted by Gasteiger charge is -2.16. The summed E-state index contributed by atoms with van der Waals surface area (Å²) in [6.45, 7) is 2.07. The smallest absolute Gasteiger partial charge is 0.257 e. The fourth-order valence-corrected chi connectivity index (χ4v) is 5.04. The predicted octanol–water partition coefficient (Wildman–Crippen LogP) is 6.31. The van der Waals surface area contributed by atoms with E-state index in [4.69, 9.17) is 19.2 Å². The highest BCUT2D eigenvalue weighted by molar-refractivity contribution is 9.10. The monoisotopic (exact) mass is 512 g/mol. The van der Waals surface area contributed by atoms with Gasteiger partial charge in [0.05, 0.1) is 41.6 Å². The third-order valence-corrected chi connectivity index (χ3v) is 6.80. The van der Waals surface area contributed by atoms with Crippen LogP contribution in [0.1, 0.15) is 15.9 Å². The molecule has 4 rings (SSSR count). The van der Waals surface area contributed by atoms with Gasteiger partial charge in [0.25, 0.3) is 5.91 Å². The molecule has 3 aromatic carbocycles. The van der Waals surface area contributed by atoms with Crippen molar-refractivity contribution >= 4 is 49.1 Å². The Morgan fingerprint density at radius 2 is 1.69 bits per heavy atom. The molecule has 0 aliphatic carbocycles. The maximum atomic E-state index is 13.0. The number of halogens is 1. The van der Waals surface area contributed by atoms with E-state index >= 15 is 0 Å². The number of carbonyl (C=O) groups excluding carboxylic acids is 1. The number of fused-ring (bicyclic) bond motifs is 1. The Morgan fingerprint density at radius 1 is 0.969 bits per heavy atom. The van der Waals surface area contributed by atoms with Gasteiger partial charge in [0.2, 0.25) is 5.75 Å². The Bertz CT molecular complexity index is 1300. The number of aromatic nitrogens is 1. The minimum atomic E-state index is -0.306. The first kappa shape index (κ1) is 22.1. The second kappa shape index (κ2) is 9.18. The SMILES string of the molecule is COc1cc(C(=O)Nc2ccc(-c3nc4ccc(C)cc4s3)cc2)c(Br)c(OC)c1OC. The third-order valence-electron chi connectivity index (χ3n) is 4.95. The summed E-state index contributed by atoms with van der Waals surface area (Å²) in [5.41, 5.74) is 4.22. The van der Waals surface area contributed by atoms with Gasteiger partial charge in [-0.05, 0) is 70.9 Å². The zero-order valence-corrected chi connectivity index (χ0v) is 20.4. The van der Waals surface area contributed by atoms with Crippen LogP contribution in [0.25, 0.3) is 20.8 Å². The van der Waals surface area contributed by atoms with Crippen molar-refractivity contribution in [2.24, 2.45) is 0 Å². The van der Waals surface area contributed by atoms with E-state index in [2.05, 4.69) is 40.3 Å². The molecule has 0 spiro atoms. The molecule has 0 aliphatic rings. The lowest BCUT2D eigenvalue weighted by atomic mass is 10.1. The van der Waals surface area contributed by atoms with Crippen molar-refractivity contribution in [2.75, 3.05) is 26.6 Å². The predicted molar refractivity (Wildman–Crippen MR) is 132 cm³/mol. The number of anilines is 1. The molecular formula is C24H21BrN2O4S. The maximum Gasteiger partial charge on any atom is 0.257 e. The molecule has 1 amide bonds. The second-order valence-corrected chi connectivity index (χ2v) is 8.85. The molecule has 4 aromatic rings. The van der Waals surface area contributed by atoms with Gasteiger partial charge in [-0.3, -0.25) is 4.79 Å². The van der Waals surface area contributed by atoms with Crippen LogP contribution in [0.15, 0.2) is 53.0 Å². The summed E-state index contributed by atoms with van der Waals surface area (Å²) in [6.07, 6.45) is 0. The quantitative estimate of drug-likeness (QED) is 0.327. The van der Waals surface area contributed by atoms with Crippen LogP contribution in [0.5, 0.6) is 17.2 Å². The van der Waals surface area contributed by atoms with Crippen molar-refractivity contribution in [1.82, 2.24) is 4.98 Å². The number of nitrogens with zero attached hydrogens (tertiary/aromatic N) is 1. The Kier molecular flexibility index (Phi) is 6.34. The van der Waals surface area contributed by atoms with E-state index in [1.807, 2.05) is 30.3 Å². The highest BCUT2D eigenvalue weighted by Crippen LogP contribution is 2.45. The van der Waals surface area contributed by atoms with Gasteiger partial charge >= 0.3 is 0 Å². The molecule has 0 aliphatic heterocycles.